The largest absolute Gasteiger partial charge is 0.314 e. The molecular formula is C13H28N2. The molecule has 0 saturated carbocycles. The van der Waals surface area contributed by atoms with Crippen molar-refractivity contribution in [1.29, 1.82) is 0 Å². The van der Waals surface area contributed by atoms with Gasteiger partial charge in [0.2, 0.25) is 0 Å². The van der Waals surface area contributed by atoms with Crippen LogP contribution >= 0.6 is 0 Å². The number of nitrogens with one attached hydrogen (secondary N) is 1. The number of likely N-dealkylation sites (tertiary alicyclic amines) is 1. The lowest BCUT2D eigenvalue weighted by atomic mass is 9.97. The van der Waals surface area contributed by atoms with Crippen LogP contribution in [0.4, 0.5) is 0 Å². The Morgan fingerprint density at radius 2 is 1.93 bits per heavy atom. The van der Waals surface area contributed by atoms with Crippen molar-refractivity contribution in [2.45, 2.75) is 46.1 Å². The van der Waals surface area contributed by atoms with Gasteiger partial charge in [0, 0.05) is 6.04 Å². The summed E-state index contributed by atoms with van der Waals surface area (Å²) in [5.41, 5.74) is 0. The second-order valence-electron chi connectivity index (χ2n) is 5.56. The fourth-order valence-electron chi connectivity index (χ4n) is 2.03. The summed E-state index contributed by atoms with van der Waals surface area (Å²) < 4.78 is 0. The second kappa shape index (κ2) is 6.49. The van der Waals surface area contributed by atoms with Crippen molar-refractivity contribution in [3.05, 3.63) is 0 Å². The van der Waals surface area contributed by atoms with E-state index in [1.54, 1.807) is 0 Å². The number of rotatable bonds is 4. The molecule has 0 bridgehead atoms. The molecule has 1 saturated heterocycles. The van der Waals surface area contributed by atoms with Gasteiger partial charge in [-0.2, -0.15) is 0 Å². The second-order valence-corrected chi connectivity index (χ2v) is 5.56. The van der Waals surface area contributed by atoms with Crippen LogP contribution in [0.2, 0.25) is 0 Å². The first-order valence-electron chi connectivity index (χ1n) is 6.51. The van der Waals surface area contributed by atoms with Gasteiger partial charge in [0.25, 0.3) is 0 Å². The van der Waals surface area contributed by atoms with E-state index in [0.29, 0.717) is 0 Å². The van der Waals surface area contributed by atoms with E-state index in [4.69, 9.17) is 0 Å². The van der Waals surface area contributed by atoms with Crippen molar-refractivity contribution < 1.29 is 0 Å². The minimum Gasteiger partial charge on any atom is -0.314 e. The zero-order valence-electron chi connectivity index (χ0n) is 10.9. The molecule has 2 unspecified atom stereocenters. The van der Waals surface area contributed by atoms with Crippen molar-refractivity contribution in [3.8, 4) is 0 Å². The molecule has 1 aliphatic rings. The van der Waals surface area contributed by atoms with Crippen molar-refractivity contribution in [2.75, 3.05) is 26.7 Å². The Kier molecular flexibility index (Phi) is 5.62. The van der Waals surface area contributed by atoms with Gasteiger partial charge in [-0.1, -0.05) is 20.8 Å². The fraction of sp³-hybridized carbons (Fsp3) is 1.00. The molecule has 0 radical (unpaired) electrons. The van der Waals surface area contributed by atoms with Gasteiger partial charge in [-0.25, -0.2) is 0 Å². The van der Waals surface area contributed by atoms with Gasteiger partial charge in [0.15, 0.2) is 0 Å². The average molecular weight is 212 g/mol. The quantitative estimate of drug-likeness (QED) is 0.769. The molecule has 15 heavy (non-hydrogen) atoms. The highest BCUT2D eigenvalue weighted by atomic mass is 15.1. The normalized spacial score (nSPS) is 26.6. The standard InChI is InChI=1S/C13H28N2/c1-11(2)12(3)10-14-13-6-5-8-15(4)9-7-13/h11-14H,5-10H2,1-4H3. The third kappa shape index (κ3) is 4.98. The van der Waals surface area contributed by atoms with Crippen LogP contribution in [-0.2, 0) is 0 Å². The monoisotopic (exact) mass is 212 g/mol. The van der Waals surface area contributed by atoms with Crippen LogP contribution in [0, 0.1) is 11.8 Å². The molecule has 0 amide bonds. The van der Waals surface area contributed by atoms with E-state index in [9.17, 15) is 0 Å². The summed E-state index contributed by atoms with van der Waals surface area (Å²) in [6.07, 6.45) is 4.03. The summed E-state index contributed by atoms with van der Waals surface area (Å²) >= 11 is 0. The molecule has 0 aliphatic carbocycles. The molecule has 0 aromatic carbocycles. The SMILES string of the molecule is CC(C)C(C)CNC1CCCN(C)CC1. The maximum atomic E-state index is 3.74. The molecule has 2 atom stereocenters. The van der Waals surface area contributed by atoms with Crippen molar-refractivity contribution in [3.63, 3.8) is 0 Å². The molecule has 1 heterocycles. The predicted molar refractivity (Wildman–Crippen MR) is 67.1 cm³/mol. The lowest BCUT2D eigenvalue weighted by Gasteiger charge is -2.21. The maximum Gasteiger partial charge on any atom is 0.00798 e. The Morgan fingerprint density at radius 3 is 2.60 bits per heavy atom. The van der Waals surface area contributed by atoms with E-state index in [1.807, 2.05) is 0 Å². The third-order valence-electron chi connectivity index (χ3n) is 3.82. The van der Waals surface area contributed by atoms with Crippen LogP contribution in [0.1, 0.15) is 40.0 Å². The predicted octanol–water partition coefficient (Wildman–Crippen LogP) is 2.35. The molecule has 90 valence electrons. The summed E-state index contributed by atoms with van der Waals surface area (Å²) in [6.45, 7) is 10.7. The van der Waals surface area contributed by atoms with Crippen molar-refractivity contribution in [1.82, 2.24) is 10.2 Å². The zero-order valence-corrected chi connectivity index (χ0v) is 10.9. The molecule has 1 fully saturated rings. The fourth-order valence-corrected chi connectivity index (χ4v) is 2.03. The van der Waals surface area contributed by atoms with E-state index in [2.05, 4.69) is 38.0 Å². The van der Waals surface area contributed by atoms with E-state index in [1.165, 1.54) is 38.9 Å². The number of hydrogen-bond donors (Lipinski definition) is 1. The molecular weight excluding hydrogens is 184 g/mol. The minimum atomic E-state index is 0.760. The molecule has 2 heteroatoms. The van der Waals surface area contributed by atoms with Crippen LogP contribution in [0.5, 0.6) is 0 Å². The van der Waals surface area contributed by atoms with Gasteiger partial charge in [-0.15, -0.1) is 0 Å². The van der Waals surface area contributed by atoms with Gasteiger partial charge in [0.05, 0.1) is 0 Å². The third-order valence-corrected chi connectivity index (χ3v) is 3.82. The Labute approximate surface area is 95.4 Å². The molecule has 1 N–H and O–H groups in total. The van der Waals surface area contributed by atoms with E-state index in [-0.39, 0.29) is 0 Å². The topological polar surface area (TPSA) is 15.3 Å². The van der Waals surface area contributed by atoms with Crippen LogP contribution < -0.4 is 5.32 Å². The zero-order chi connectivity index (χ0) is 11.3. The first-order chi connectivity index (χ1) is 7.09. The summed E-state index contributed by atoms with van der Waals surface area (Å²) in [4.78, 5) is 2.45. The average Bonchev–Trinajstić information content (AvgIpc) is 2.39. The van der Waals surface area contributed by atoms with Crippen molar-refractivity contribution in [2.24, 2.45) is 11.8 Å². The number of nitrogens with zero attached hydrogens (tertiary/aromatic N) is 1. The molecule has 1 aliphatic heterocycles. The van der Waals surface area contributed by atoms with Crippen molar-refractivity contribution >= 4 is 0 Å². The molecule has 0 aromatic rings. The van der Waals surface area contributed by atoms with Crippen LogP contribution in [0.3, 0.4) is 0 Å². The molecule has 0 aromatic heterocycles. The van der Waals surface area contributed by atoms with Crippen LogP contribution in [-0.4, -0.2) is 37.6 Å². The molecule has 0 spiro atoms. The highest BCUT2D eigenvalue weighted by molar-refractivity contribution is 4.74. The molecule has 1 rings (SSSR count). The van der Waals surface area contributed by atoms with Crippen LogP contribution in [0.15, 0.2) is 0 Å². The maximum absolute atomic E-state index is 3.74. The van der Waals surface area contributed by atoms with Gasteiger partial charge in [-0.3, -0.25) is 0 Å². The highest BCUT2D eigenvalue weighted by Gasteiger charge is 2.15. The van der Waals surface area contributed by atoms with Gasteiger partial charge in [-0.05, 0) is 57.8 Å². The number of hydrogen-bond acceptors (Lipinski definition) is 2. The Bertz CT molecular complexity index is 168. The Hall–Kier alpha value is -0.0800. The minimum absolute atomic E-state index is 0.760. The van der Waals surface area contributed by atoms with E-state index < -0.39 is 0 Å². The van der Waals surface area contributed by atoms with Gasteiger partial charge >= 0.3 is 0 Å². The van der Waals surface area contributed by atoms with Gasteiger partial charge < -0.3 is 10.2 Å². The van der Waals surface area contributed by atoms with Gasteiger partial charge in [0.1, 0.15) is 0 Å². The Morgan fingerprint density at radius 1 is 1.20 bits per heavy atom. The van der Waals surface area contributed by atoms with Crippen LogP contribution in [0.25, 0.3) is 0 Å². The Balaban J connectivity index is 2.20. The summed E-state index contributed by atoms with van der Waals surface area (Å²) in [7, 11) is 2.24. The molecule has 2 nitrogen and oxygen atoms in total. The smallest absolute Gasteiger partial charge is 0.00798 e. The first-order valence-corrected chi connectivity index (χ1v) is 6.51. The van der Waals surface area contributed by atoms with E-state index >= 15 is 0 Å². The summed E-state index contributed by atoms with van der Waals surface area (Å²) in [5.74, 6) is 1.59. The lowest BCUT2D eigenvalue weighted by Crippen LogP contribution is -2.34. The summed E-state index contributed by atoms with van der Waals surface area (Å²) in [5, 5.41) is 3.74. The highest BCUT2D eigenvalue weighted by Crippen LogP contribution is 2.12. The van der Waals surface area contributed by atoms with E-state index in [0.717, 1.165) is 17.9 Å². The lowest BCUT2D eigenvalue weighted by molar-refractivity contribution is 0.332. The summed E-state index contributed by atoms with van der Waals surface area (Å²) in [6, 6.07) is 0.760. The first kappa shape index (κ1) is 13.0.